The first-order valence-electron chi connectivity index (χ1n) is 5.92. The van der Waals surface area contributed by atoms with Crippen LogP contribution in [0.2, 0.25) is 0 Å². The summed E-state index contributed by atoms with van der Waals surface area (Å²) >= 11 is 0. The summed E-state index contributed by atoms with van der Waals surface area (Å²) in [5, 5.41) is 13.6. The molecule has 1 aromatic carbocycles. The third-order valence-corrected chi connectivity index (χ3v) is 2.93. The Labute approximate surface area is 109 Å². The lowest BCUT2D eigenvalue weighted by molar-refractivity contribution is -0.143. The summed E-state index contributed by atoms with van der Waals surface area (Å²) in [4.78, 5) is 34.1. The average molecular weight is 262 g/mol. The highest BCUT2D eigenvalue weighted by Gasteiger charge is 2.34. The molecule has 3 N–H and O–H groups in total. The molecule has 1 aliphatic rings. The van der Waals surface area contributed by atoms with Crippen LogP contribution in [0.15, 0.2) is 30.3 Å². The van der Waals surface area contributed by atoms with Gasteiger partial charge >= 0.3 is 5.97 Å². The van der Waals surface area contributed by atoms with E-state index < -0.39 is 30.4 Å². The van der Waals surface area contributed by atoms with Crippen LogP contribution in [0.4, 0.5) is 0 Å². The smallest absolute Gasteiger partial charge is 0.305 e. The van der Waals surface area contributed by atoms with Gasteiger partial charge in [0.15, 0.2) is 0 Å². The highest BCUT2D eigenvalue weighted by molar-refractivity contribution is 5.98. The van der Waals surface area contributed by atoms with Gasteiger partial charge in [-0.15, -0.1) is 0 Å². The second-order valence-corrected chi connectivity index (χ2v) is 4.41. The van der Waals surface area contributed by atoms with Crippen LogP contribution in [0.3, 0.4) is 0 Å². The minimum absolute atomic E-state index is 0.352. The molecule has 0 unspecified atom stereocenters. The average Bonchev–Trinajstić information content (AvgIpc) is 2.36. The van der Waals surface area contributed by atoms with Crippen LogP contribution in [0.5, 0.6) is 0 Å². The highest BCUT2D eigenvalue weighted by atomic mass is 16.4. The summed E-state index contributed by atoms with van der Waals surface area (Å²) < 4.78 is 0. The second-order valence-electron chi connectivity index (χ2n) is 4.41. The van der Waals surface area contributed by atoms with Crippen LogP contribution in [-0.2, 0) is 20.8 Å². The number of amides is 2. The van der Waals surface area contributed by atoms with Crippen molar-refractivity contribution in [3.8, 4) is 0 Å². The monoisotopic (exact) mass is 262 g/mol. The van der Waals surface area contributed by atoms with Gasteiger partial charge in [-0.25, -0.2) is 0 Å². The lowest BCUT2D eigenvalue weighted by atomic mass is 10.0. The molecule has 1 heterocycles. The number of carbonyl (C=O) groups excluding carboxylic acids is 2. The molecule has 1 aliphatic heterocycles. The number of rotatable bonds is 4. The summed E-state index contributed by atoms with van der Waals surface area (Å²) in [6.07, 6.45) is -0.0200. The van der Waals surface area contributed by atoms with E-state index >= 15 is 0 Å². The summed E-state index contributed by atoms with van der Waals surface area (Å²) in [5.74, 6) is -1.93. The number of aliphatic carboxylic acids is 1. The molecule has 0 saturated carbocycles. The van der Waals surface area contributed by atoms with Crippen LogP contribution >= 0.6 is 0 Å². The van der Waals surface area contributed by atoms with Crippen molar-refractivity contribution in [3.05, 3.63) is 35.9 Å². The third-order valence-electron chi connectivity index (χ3n) is 2.93. The molecule has 6 nitrogen and oxygen atoms in total. The standard InChI is InChI=1S/C13H14N2O4/c16-11(17)7-10-13(19)14-9(12(18)15-10)6-8-4-2-1-3-5-8/h1-5,9-10H,6-7H2,(H,14,19)(H,15,18)(H,16,17)/t9-,10+/m0/s1. The van der Waals surface area contributed by atoms with E-state index in [1.165, 1.54) is 0 Å². The predicted octanol–water partition coefficient (Wildman–Crippen LogP) is -0.313. The zero-order valence-electron chi connectivity index (χ0n) is 10.1. The van der Waals surface area contributed by atoms with E-state index in [1.807, 2.05) is 30.3 Å². The molecule has 1 aromatic rings. The van der Waals surface area contributed by atoms with Gasteiger partial charge in [-0.05, 0) is 5.56 Å². The van der Waals surface area contributed by atoms with Crippen molar-refractivity contribution in [3.63, 3.8) is 0 Å². The molecule has 6 heteroatoms. The lowest BCUT2D eigenvalue weighted by Gasteiger charge is -2.28. The molecule has 1 fully saturated rings. The molecule has 0 aliphatic carbocycles. The quantitative estimate of drug-likeness (QED) is 0.693. The molecular formula is C13H14N2O4. The first-order valence-corrected chi connectivity index (χ1v) is 5.92. The maximum absolute atomic E-state index is 11.8. The van der Waals surface area contributed by atoms with E-state index in [1.54, 1.807) is 0 Å². The number of carboxylic acids is 1. The zero-order chi connectivity index (χ0) is 13.8. The van der Waals surface area contributed by atoms with Gasteiger partial charge in [0.25, 0.3) is 0 Å². The Morgan fingerprint density at radius 3 is 2.26 bits per heavy atom. The van der Waals surface area contributed by atoms with Gasteiger partial charge in [-0.3, -0.25) is 14.4 Å². The van der Waals surface area contributed by atoms with Crippen molar-refractivity contribution in [2.45, 2.75) is 24.9 Å². The van der Waals surface area contributed by atoms with Crippen LogP contribution in [0, 0.1) is 0 Å². The van der Waals surface area contributed by atoms with Gasteiger partial charge in [-0.2, -0.15) is 0 Å². The number of piperazine rings is 1. The minimum atomic E-state index is -1.12. The highest BCUT2D eigenvalue weighted by Crippen LogP contribution is 2.08. The van der Waals surface area contributed by atoms with Gasteiger partial charge in [0.1, 0.15) is 12.1 Å². The fourth-order valence-electron chi connectivity index (χ4n) is 1.99. The van der Waals surface area contributed by atoms with Crippen LogP contribution in [-0.4, -0.2) is 35.0 Å². The number of benzene rings is 1. The van der Waals surface area contributed by atoms with Crippen LogP contribution in [0.1, 0.15) is 12.0 Å². The number of hydrogen-bond donors (Lipinski definition) is 3. The Bertz CT molecular complexity index is 501. The Morgan fingerprint density at radius 2 is 1.63 bits per heavy atom. The van der Waals surface area contributed by atoms with Crippen molar-refractivity contribution in [1.29, 1.82) is 0 Å². The molecule has 19 heavy (non-hydrogen) atoms. The Hall–Kier alpha value is -2.37. The summed E-state index contributed by atoms with van der Waals surface area (Å²) in [5.41, 5.74) is 0.930. The van der Waals surface area contributed by atoms with Crippen LogP contribution in [0.25, 0.3) is 0 Å². The Morgan fingerprint density at radius 1 is 1.05 bits per heavy atom. The summed E-state index contributed by atoms with van der Waals surface area (Å²) in [7, 11) is 0. The molecule has 0 spiro atoms. The van der Waals surface area contributed by atoms with Crippen molar-refractivity contribution in [1.82, 2.24) is 10.6 Å². The van der Waals surface area contributed by atoms with Crippen molar-refractivity contribution < 1.29 is 19.5 Å². The van der Waals surface area contributed by atoms with Crippen molar-refractivity contribution in [2.24, 2.45) is 0 Å². The molecule has 2 rings (SSSR count). The third kappa shape index (κ3) is 3.31. The minimum Gasteiger partial charge on any atom is -0.481 e. The van der Waals surface area contributed by atoms with E-state index in [0.717, 1.165) is 5.56 Å². The molecule has 0 radical (unpaired) electrons. The van der Waals surface area contributed by atoms with E-state index in [2.05, 4.69) is 10.6 Å². The first kappa shape index (κ1) is 13.1. The van der Waals surface area contributed by atoms with Gasteiger partial charge in [0.05, 0.1) is 6.42 Å². The maximum Gasteiger partial charge on any atom is 0.305 e. The Balaban J connectivity index is 2.00. The predicted molar refractivity (Wildman–Crippen MR) is 66.3 cm³/mol. The molecule has 2 atom stereocenters. The van der Waals surface area contributed by atoms with Gasteiger partial charge in [-0.1, -0.05) is 30.3 Å². The zero-order valence-corrected chi connectivity index (χ0v) is 10.1. The molecule has 1 saturated heterocycles. The van der Waals surface area contributed by atoms with E-state index in [9.17, 15) is 14.4 Å². The maximum atomic E-state index is 11.8. The van der Waals surface area contributed by atoms with Gasteiger partial charge < -0.3 is 15.7 Å². The van der Waals surface area contributed by atoms with Crippen LogP contribution < -0.4 is 10.6 Å². The van der Waals surface area contributed by atoms with Crippen molar-refractivity contribution in [2.75, 3.05) is 0 Å². The number of nitrogens with one attached hydrogen (secondary N) is 2. The molecule has 100 valence electrons. The second kappa shape index (κ2) is 5.51. The topological polar surface area (TPSA) is 95.5 Å². The van der Waals surface area contributed by atoms with E-state index in [0.29, 0.717) is 6.42 Å². The summed E-state index contributed by atoms with van der Waals surface area (Å²) in [6, 6.07) is 7.66. The fourth-order valence-corrected chi connectivity index (χ4v) is 1.99. The largest absolute Gasteiger partial charge is 0.481 e. The first-order chi connectivity index (χ1) is 9.06. The van der Waals surface area contributed by atoms with E-state index in [-0.39, 0.29) is 5.91 Å². The SMILES string of the molecule is O=C(O)C[C@H]1NC(=O)[C@H](Cc2ccccc2)NC1=O. The summed E-state index contributed by atoms with van der Waals surface area (Å²) in [6.45, 7) is 0. The normalized spacial score (nSPS) is 22.5. The number of carbonyl (C=O) groups is 3. The number of hydrogen-bond acceptors (Lipinski definition) is 3. The van der Waals surface area contributed by atoms with Gasteiger partial charge in [0, 0.05) is 6.42 Å². The molecule has 0 aromatic heterocycles. The molecular weight excluding hydrogens is 248 g/mol. The fraction of sp³-hybridized carbons (Fsp3) is 0.308. The lowest BCUT2D eigenvalue weighted by Crippen LogP contribution is -2.62. The van der Waals surface area contributed by atoms with E-state index in [4.69, 9.17) is 5.11 Å². The molecule has 2 amide bonds. The number of carboxylic acid groups (broad SMARTS) is 1. The van der Waals surface area contributed by atoms with Gasteiger partial charge in [0.2, 0.25) is 11.8 Å². The van der Waals surface area contributed by atoms with Crippen molar-refractivity contribution >= 4 is 17.8 Å². The molecule has 0 bridgehead atoms. The Kier molecular flexibility index (Phi) is 3.79.